The Labute approximate surface area is 125 Å². The molecule has 0 aliphatic carbocycles. The first-order valence-electron chi connectivity index (χ1n) is 7.53. The van der Waals surface area contributed by atoms with E-state index in [0.29, 0.717) is 18.4 Å². The third-order valence-corrected chi connectivity index (χ3v) is 3.00. The summed E-state index contributed by atoms with van der Waals surface area (Å²) in [5.74, 6) is 1.40. The summed E-state index contributed by atoms with van der Waals surface area (Å²) < 4.78 is 0. The predicted molar refractivity (Wildman–Crippen MR) is 84.6 cm³/mol. The van der Waals surface area contributed by atoms with E-state index in [9.17, 15) is 10.1 Å². The molecule has 0 amide bonds. The van der Waals surface area contributed by atoms with Gasteiger partial charge in [-0.3, -0.25) is 10.1 Å². The lowest BCUT2D eigenvalue weighted by Gasteiger charge is -2.09. The van der Waals surface area contributed by atoms with Gasteiger partial charge in [0.1, 0.15) is 6.20 Å². The van der Waals surface area contributed by atoms with Crippen LogP contribution in [0.4, 0.5) is 17.5 Å². The molecule has 0 fully saturated rings. The van der Waals surface area contributed by atoms with Crippen molar-refractivity contribution in [2.45, 2.75) is 46.5 Å². The predicted octanol–water partition coefficient (Wildman–Crippen LogP) is 3.44. The summed E-state index contributed by atoms with van der Waals surface area (Å²) in [4.78, 5) is 18.7. The molecule has 1 rings (SSSR count). The molecule has 0 unspecified atom stereocenters. The molecule has 0 aliphatic rings. The van der Waals surface area contributed by atoms with E-state index in [0.717, 1.165) is 32.2 Å². The van der Waals surface area contributed by atoms with E-state index in [4.69, 9.17) is 0 Å². The molecule has 0 spiro atoms. The number of anilines is 2. The molecule has 7 nitrogen and oxygen atoms in total. The first-order chi connectivity index (χ1) is 10.0. The monoisotopic (exact) mass is 295 g/mol. The highest BCUT2D eigenvalue weighted by atomic mass is 16.6. The van der Waals surface area contributed by atoms with Gasteiger partial charge < -0.3 is 10.6 Å². The molecule has 0 radical (unpaired) electrons. The molecule has 1 heterocycles. The van der Waals surface area contributed by atoms with Crippen molar-refractivity contribution >= 4 is 17.5 Å². The highest BCUT2D eigenvalue weighted by molar-refractivity contribution is 5.56. The summed E-state index contributed by atoms with van der Waals surface area (Å²) in [6.45, 7) is 7.83. The van der Waals surface area contributed by atoms with E-state index in [2.05, 4.69) is 34.4 Å². The van der Waals surface area contributed by atoms with Crippen LogP contribution in [0.25, 0.3) is 0 Å². The van der Waals surface area contributed by atoms with Crippen LogP contribution in [0.15, 0.2) is 6.20 Å². The Balaban J connectivity index is 2.61. The van der Waals surface area contributed by atoms with E-state index >= 15 is 0 Å². The Hall–Kier alpha value is -1.92. The second-order valence-electron chi connectivity index (χ2n) is 5.43. The minimum atomic E-state index is -0.458. The second kappa shape index (κ2) is 9.10. The highest BCUT2D eigenvalue weighted by Crippen LogP contribution is 2.22. The fourth-order valence-electron chi connectivity index (χ4n) is 1.85. The van der Waals surface area contributed by atoms with Gasteiger partial charge in [-0.25, -0.2) is 4.98 Å². The van der Waals surface area contributed by atoms with Crippen LogP contribution in [0, 0.1) is 16.0 Å². The second-order valence-corrected chi connectivity index (χ2v) is 5.43. The number of hydrogen-bond acceptors (Lipinski definition) is 6. The first kappa shape index (κ1) is 17.1. The molecule has 0 atom stereocenters. The molecule has 118 valence electrons. The fraction of sp³-hybridized carbons (Fsp3) is 0.714. The standard InChI is InChI=1S/C14H25N5O2/c1-4-8-16-14-17-10-12(19(20)21)13(18-14)15-9-6-5-7-11(2)3/h10-11H,4-9H2,1-3H3,(H2,15,16,17,18). The van der Waals surface area contributed by atoms with Gasteiger partial charge in [0.2, 0.25) is 11.8 Å². The van der Waals surface area contributed by atoms with E-state index in [1.54, 1.807) is 0 Å². The molecule has 0 bridgehead atoms. The summed E-state index contributed by atoms with van der Waals surface area (Å²) in [5.41, 5.74) is -0.0825. The summed E-state index contributed by atoms with van der Waals surface area (Å²) >= 11 is 0. The van der Waals surface area contributed by atoms with Crippen LogP contribution in [0.5, 0.6) is 0 Å². The van der Waals surface area contributed by atoms with Gasteiger partial charge in [0.15, 0.2) is 0 Å². The van der Waals surface area contributed by atoms with E-state index < -0.39 is 4.92 Å². The SMILES string of the molecule is CCCNc1ncc([N+](=O)[O-])c(NCCCCC(C)C)n1. The number of aromatic nitrogens is 2. The summed E-state index contributed by atoms with van der Waals surface area (Å²) in [7, 11) is 0. The Morgan fingerprint density at radius 1 is 1.29 bits per heavy atom. The van der Waals surface area contributed by atoms with Crippen LogP contribution in [-0.2, 0) is 0 Å². The lowest BCUT2D eigenvalue weighted by Crippen LogP contribution is -2.10. The van der Waals surface area contributed by atoms with Crippen molar-refractivity contribution in [3.63, 3.8) is 0 Å². The summed E-state index contributed by atoms with van der Waals surface area (Å²) in [5, 5.41) is 17.1. The van der Waals surface area contributed by atoms with Gasteiger partial charge in [-0.05, 0) is 18.8 Å². The van der Waals surface area contributed by atoms with Gasteiger partial charge in [-0.1, -0.05) is 33.6 Å². The number of nitrogens with one attached hydrogen (secondary N) is 2. The van der Waals surface area contributed by atoms with Crippen LogP contribution >= 0.6 is 0 Å². The topological polar surface area (TPSA) is 93.0 Å². The third-order valence-electron chi connectivity index (χ3n) is 3.00. The number of nitro groups is 1. The first-order valence-corrected chi connectivity index (χ1v) is 7.53. The van der Waals surface area contributed by atoms with Crippen molar-refractivity contribution in [3.05, 3.63) is 16.3 Å². The molecule has 1 aromatic heterocycles. The van der Waals surface area contributed by atoms with E-state index in [-0.39, 0.29) is 11.5 Å². The van der Waals surface area contributed by atoms with Crippen molar-refractivity contribution in [1.29, 1.82) is 0 Å². The van der Waals surface area contributed by atoms with Crippen molar-refractivity contribution in [2.75, 3.05) is 23.7 Å². The maximum absolute atomic E-state index is 11.0. The third kappa shape index (κ3) is 6.37. The average Bonchev–Trinajstić information content (AvgIpc) is 2.44. The lowest BCUT2D eigenvalue weighted by molar-refractivity contribution is -0.384. The van der Waals surface area contributed by atoms with Crippen LogP contribution in [0.2, 0.25) is 0 Å². The van der Waals surface area contributed by atoms with Crippen molar-refractivity contribution in [2.24, 2.45) is 5.92 Å². The number of hydrogen-bond donors (Lipinski definition) is 2. The minimum Gasteiger partial charge on any atom is -0.364 e. The average molecular weight is 295 g/mol. The summed E-state index contributed by atoms with van der Waals surface area (Å²) in [6.07, 6.45) is 5.43. The quantitative estimate of drug-likeness (QED) is 0.390. The smallest absolute Gasteiger partial charge is 0.329 e. The zero-order valence-electron chi connectivity index (χ0n) is 13.1. The molecule has 2 N–H and O–H groups in total. The van der Waals surface area contributed by atoms with Gasteiger partial charge in [-0.2, -0.15) is 4.98 Å². The fourth-order valence-corrected chi connectivity index (χ4v) is 1.85. The Morgan fingerprint density at radius 3 is 2.67 bits per heavy atom. The van der Waals surface area contributed by atoms with Gasteiger partial charge in [0.05, 0.1) is 4.92 Å². The molecule has 1 aromatic rings. The molecule has 21 heavy (non-hydrogen) atoms. The molecule has 0 saturated carbocycles. The van der Waals surface area contributed by atoms with E-state index in [1.165, 1.54) is 6.20 Å². The summed E-state index contributed by atoms with van der Waals surface area (Å²) in [6, 6.07) is 0. The van der Waals surface area contributed by atoms with Gasteiger partial charge in [-0.15, -0.1) is 0 Å². The highest BCUT2D eigenvalue weighted by Gasteiger charge is 2.16. The van der Waals surface area contributed by atoms with Crippen molar-refractivity contribution in [1.82, 2.24) is 9.97 Å². The van der Waals surface area contributed by atoms with Gasteiger partial charge in [0.25, 0.3) is 0 Å². The largest absolute Gasteiger partial charge is 0.364 e. The molecular formula is C14H25N5O2. The number of rotatable bonds is 10. The van der Waals surface area contributed by atoms with Gasteiger partial charge in [0, 0.05) is 13.1 Å². The Bertz CT molecular complexity index is 451. The molecular weight excluding hydrogens is 270 g/mol. The lowest BCUT2D eigenvalue weighted by atomic mass is 10.1. The van der Waals surface area contributed by atoms with Crippen LogP contribution in [-0.4, -0.2) is 28.0 Å². The van der Waals surface area contributed by atoms with Crippen LogP contribution < -0.4 is 10.6 Å². The Kier molecular flexibility index (Phi) is 7.42. The zero-order valence-corrected chi connectivity index (χ0v) is 13.1. The Morgan fingerprint density at radius 2 is 2.05 bits per heavy atom. The van der Waals surface area contributed by atoms with Gasteiger partial charge >= 0.3 is 5.69 Å². The maximum atomic E-state index is 11.0. The number of nitrogens with zero attached hydrogens (tertiary/aromatic N) is 3. The number of unbranched alkanes of at least 4 members (excludes halogenated alkanes) is 1. The van der Waals surface area contributed by atoms with Crippen molar-refractivity contribution < 1.29 is 4.92 Å². The van der Waals surface area contributed by atoms with E-state index in [1.807, 2.05) is 6.92 Å². The van der Waals surface area contributed by atoms with Crippen molar-refractivity contribution in [3.8, 4) is 0 Å². The molecule has 7 heteroatoms. The molecule has 0 saturated heterocycles. The zero-order chi connectivity index (χ0) is 15.7. The van der Waals surface area contributed by atoms with Crippen LogP contribution in [0.1, 0.15) is 46.5 Å². The maximum Gasteiger partial charge on any atom is 0.329 e. The molecule has 0 aliphatic heterocycles. The minimum absolute atomic E-state index is 0.0825. The van der Waals surface area contributed by atoms with Crippen LogP contribution in [0.3, 0.4) is 0 Å². The molecule has 0 aromatic carbocycles. The normalized spacial score (nSPS) is 10.7.